The quantitative estimate of drug-likeness (QED) is 0.0340. The molecule has 0 unspecified atom stereocenters. The molecule has 0 radical (unpaired) electrons. The van der Waals surface area contributed by atoms with Gasteiger partial charge in [-0.05, 0) is 63.8 Å². The van der Waals surface area contributed by atoms with Gasteiger partial charge >= 0.3 is 23.8 Å². The minimum Gasteiger partial charge on any atom is -0.477 e. The molecule has 352 valence electrons. The van der Waals surface area contributed by atoms with Gasteiger partial charge in [-0.3, -0.25) is 25.0 Å². The van der Waals surface area contributed by atoms with E-state index in [0.29, 0.717) is 5.56 Å². The predicted octanol–water partition coefficient (Wildman–Crippen LogP) is 8.94. The van der Waals surface area contributed by atoms with Crippen LogP contribution in [-0.4, -0.2) is 80.8 Å². The van der Waals surface area contributed by atoms with Crippen molar-refractivity contribution in [2.75, 3.05) is 18.1 Å². The van der Waals surface area contributed by atoms with Crippen molar-refractivity contribution >= 4 is 35.3 Å². The van der Waals surface area contributed by atoms with E-state index < -0.39 is 86.6 Å². The zero-order valence-electron chi connectivity index (χ0n) is 38.0. The Morgan fingerprint density at radius 2 is 1.24 bits per heavy atom. The molecule has 2 heterocycles. The highest BCUT2D eigenvalue weighted by Crippen LogP contribution is 2.46. The van der Waals surface area contributed by atoms with Crippen molar-refractivity contribution in [1.82, 2.24) is 4.98 Å². The number of aliphatic hydroxyl groups is 1. The number of pyridine rings is 1. The van der Waals surface area contributed by atoms with Crippen LogP contribution in [-0.2, 0) is 40.5 Å². The van der Waals surface area contributed by atoms with Crippen LogP contribution in [0, 0.1) is 20.2 Å². The molecule has 1 saturated heterocycles. The third-order valence-corrected chi connectivity index (χ3v) is 10.3. The number of hydrogen-bond acceptors (Lipinski definition) is 15. The van der Waals surface area contributed by atoms with Crippen molar-refractivity contribution in [3.63, 3.8) is 0 Å². The smallest absolute Gasteiger partial charge is 0.426 e. The zero-order valence-corrected chi connectivity index (χ0v) is 38.0. The summed E-state index contributed by atoms with van der Waals surface area (Å²) in [5, 5.41) is 36.4. The topological polar surface area (TPSA) is 229 Å². The number of nitro benzene ring substituents is 1. The first-order valence-corrected chi connectivity index (χ1v) is 21.3. The van der Waals surface area contributed by atoms with E-state index >= 15 is 0 Å². The maximum atomic E-state index is 13.8. The van der Waals surface area contributed by atoms with E-state index in [9.17, 15) is 39.7 Å². The number of carbonyl (C=O) groups excluding carboxylic acids is 3. The lowest BCUT2D eigenvalue weighted by Crippen LogP contribution is -2.44. The van der Waals surface area contributed by atoms with E-state index in [1.165, 1.54) is 65.8 Å². The second-order valence-corrected chi connectivity index (χ2v) is 17.6. The maximum Gasteiger partial charge on any atom is 0.426 e. The Morgan fingerprint density at radius 1 is 0.746 bits per heavy atom. The summed E-state index contributed by atoms with van der Waals surface area (Å²) in [7, 11) is 0. The lowest BCUT2D eigenvalue weighted by Gasteiger charge is -2.37. The first-order chi connectivity index (χ1) is 31.7. The number of rotatable bonds is 15. The van der Waals surface area contributed by atoms with Gasteiger partial charge in [-0.1, -0.05) is 103 Å². The minimum absolute atomic E-state index is 0.117. The molecule has 1 N–H and O–H groups in total. The Morgan fingerprint density at radius 3 is 1.67 bits per heavy atom. The number of nitro groups is 2. The number of anilines is 1. The molecule has 1 fully saturated rings. The molecule has 5 aromatic rings. The normalized spacial score (nSPS) is 17.3. The van der Waals surface area contributed by atoms with E-state index in [1.54, 1.807) is 0 Å². The van der Waals surface area contributed by atoms with Crippen LogP contribution in [0.2, 0.25) is 0 Å². The number of benzene rings is 4. The summed E-state index contributed by atoms with van der Waals surface area (Å²) in [5.74, 6) is -2.10. The average molecular weight is 921 g/mol. The fraction of sp³-hybridized carbons (Fsp3) is 0.347. The van der Waals surface area contributed by atoms with E-state index in [4.69, 9.17) is 28.4 Å². The Balaban J connectivity index is 1.47. The summed E-state index contributed by atoms with van der Waals surface area (Å²) >= 11 is 0. The number of esters is 1. The second kappa shape index (κ2) is 20.5. The molecule has 2 amide bonds. The molecule has 1 aromatic heterocycles. The van der Waals surface area contributed by atoms with Crippen molar-refractivity contribution in [2.45, 2.75) is 96.1 Å². The number of amides is 2. The van der Waals surface area contributed by atoms with Crippen molar-refractivity contribution < 1.29 is 57.8 Å². The van der Waals surface area contributed by atoms with Crippen molar-refractivity contribution in [3.8, 4) is 5.88 Å². The van der Waals surface area contributed by atoms with Crippen molar-refractivity contribution in [1.29, 1.82) is 0 Å². The summed E-state index contributed by atoms with van der Waals surface area (Å²) < 4.78 is 36.4. The highest BCUT2D eigenvalue weighted by molar-refractivity contribution is 6.10. The highest BCUT2D eigenvalue weighted by Gasteiger charge is 2.51. The number of hydrogen-bond donors (Lipinski definition) is 1. The third-order valence-electron chi connectivity index (χ3n) is 10.3. The Bertz CT molecular complexity index is 2420. The molecule has 1 aliphatic rings. The van der Waals surface area contributed by atoms with Crippen LogP contribution in [0.3, 0.4) is 0 Å². The summed E-state index contributed by atoms with van der Waals surface area (Å²) in [6, 6.07) is 34.8. The first-order valence-electron chi connectivity index (χ1n) is 21.3. The van der Waals surface area contributed by atoms with E-state index in [0.717, 1.165) is 29.7 Å². The molecule has 18 heteroatoms. The number of carbonyl (C=O) groups is 3. The summed E-state index contributed by atoms with van der Waals surface area (Å²) in [5.41, 5.74) is -2.11. The summed E-state index contributed by atoms with van der Waals surface area (Å²) in [4.78, 5) is 68.0. The van der Waals surface area contributed by atoms with Gasteiger partial charge in [0.15, 0.2) is 6.10 Å². The molecule has 67 heavy (non-hydrogen) atoms. The van der Waals surface area contributed by atoms with Crippen LogP contribution >= 0.6 is 0 Å². The van der Waals surface area contributed by atoms with Crippen LogP contribution in [0.15, 0.2) is 121 Å². The largest absolute Gasteiger partial charge is 0.477 e. The lowest BCUT2D eigenvalue weighted by atomic mass is 9.80. The van der Waals surface area contributed by atoms with Gasteiger partial charge in [0.05, 0.1) is 28.6 Å². The molecule has 6 rings (SSSR count). The van der Waals surface area contributed by atoms with Crippen LogP contribution in [0.4, 0.5) is 26.8 Å². The van der Waals surface area contributed by atoms with Gasteiger partial charge in [0, 0.05) is 31.5 Å². The number of aliphatic hydroxyl groups excluding tert-OH is 1. The number of ether oxygens (including phenoxy) is 6. The maximum absolute atomic E-state index is 13.8. The van der Waals surface area contributed by atoms with E-state index in [2.05, 4.69) is 4.98 Å². The number of imide groups is 1. The van der Waals surface area contributed by atoms with Crippen molar-refractivity contribution in [2.24, 2.45) is 0 Å². The second-order valence-electron chi connectivity index (χ2n) is 17.6. The molecule has 18 nitrogen and oxygen atoms in total. The van der Waals surface area contributed by atoms with Gasteiger partial charge in [0.2, 0.25) is 11.7 Å². The van der Waals surface area contributed by atoms with Crippen LogP contribution in [0.5, 0.6) is 5.88 Å². The summed E-state index contributed by atoms with van der Waals surface area (Å²) in [6.45, 7) is 9.72. The molecular formula is C49H52N4O14. The fourth-order valence-electron chi connectivity index (χ4n) is 7.45. The molecule has 4 aromatic carbocycles. The van der Waals surface area contributed by atoms with Gasteiger partial charge in [-0.25, -0.2) is 9.59 Å². The average Bonchev–Trinajstić information content (AvgIpc) is 3.56. The van der Waals surface area contributed by atoms with Crippen LogP contribution in [0.25, 0.3) is 0 Å². The fourth-order valence-corrected chi connectivity index (χ4v) is 7.45. The lowest BCUT2D eigenvalue weighted by molar-refractivity contribution is -0.384. The van der Waals surface area contributed by atoms with E-state index in [-0.39, 0.29) is 35.8 Å². The first kappa shape index (κ1) is 49.2. The molecule has 0 aliphatic carbocycles. The van der Waals surface area contributed by atoms with E-state index in [1.807, 2.05) is 91.0 Å². The molecule has 0 bridgehead atoms. The summed E-state index contributed by atoms with van der Waals surface area (Å²) in [6.07, 6.45) is -8.55. The number of nitrogens with zero attached hydrogens (tertiary/aromatic N) is 4. The van der Waals surface area contributed by atoms with Gasteiger partial charge in [0.1, 0.15) is 35.1 Å². The van der Waals surface area contributed by atoms with Gasteiger partial charge in [-0.2, -0.15) is 9.88 Å². The molecule has 0 spiro atoms. The minimum atomic E-state index is -1.61. The third kappa shape index (κ3) is 11.8. The van der Waals surface area contributed by atoms with Crippen molar-refractivity contribution in [3.05, 3.63) is 169 Å². The highest BCUT2D eigenvalue weighted by atomic mass is 16.6. The van der Waals surface area contributed by atoms with Gasteiger partial charge < -0.3 is 33.5 Å². The Labute approximate surface area is 386 Å². The molecule has 4 atom stereocenters. The van der Waals surface area contributed by atoms with Gasteiger partial charge in [0.25, 0.3) is 5.69 Å². The monoisotopic (exact) mass is 920 g/mol. The number of non-ortho nitro benzene ring substituents is 1. The van der Waals surface area contributed by atoms with Crippen LogP contribution in [0.1, 0.15) is 82.4 Å². The number of aromatic nitrogens is 1. The Hall–Kier alpha value is -7.28. The van der Waals surface area contributed by atoms with Gasteiger partial charge in [-0.15, -0.1) is 0 Å². The SMILES string of the molecule is CC(=O)O[C@@H]1[C@@H](O)[C@@H](COC(c2ccccc2)(c2ccccc2)c2ccccc2)O[C@H]1c1cc([N+](=O)[O-])c(N(C(=O)OC(C)(C)C)C(=O)OC(C)(C)C)nc1OCCc1ccc([N+](=O)[O-])cc1. The van der Waals surface area contributed by atoms with Crippen LogP contribution < -0.4 is 9.64 Å². The Kier molecular flexibility index (Phi) is 15.0. The molecule has 1 aliphatic heterocycles. The molecule has 0 saturated carbocycles. The molecular weight excluding hydrogens is 869 g/mol. The predicted molar refractivity (Wildman–Crippen MR) is 242 cm³/mol. The standard InChI is InChI=1S/C49H52N4O14/c1-31(54)64-42-40(55)39(30-63-49(33-17-11-8-12-18-33,34-19-13-9-14-20-34)35-21-15-10-16-22-35)65-41(42)37-29-38(53(60)61)43(51(45(56)66-47(2,3)4)46(57)67-48(5,6)7)50-44(37)62-28-27-32-23-25-36(26-24-32)52(58)59/h8-26,29,39-42,55H,27-28,30H2,1-7H3/t39-,40+,41+,42-/m1/s1. The zero-order chi connectivity index (χ0) is 48.7.